The van der Waals surface area contributed by atoms with Crippen molar-refractivity contribution in [1.82, 2.24) is 4.72 Å². The van der Waals surface area contributed by atoms with Gasteiger partial charge in [-0.1, -0.05) is 0 Å². The number of nitrogens with one attached hydrogen (secondary N) is 1. The maximum atomic E-state index is 12.1. The standard InChI is InChI=1S/C10H13F3N2O3S/c1-6-4-7(14)2-3-8(6)19(17,18)15-5-9(16)10(11,12)13/h2-4,9,15-16H,5,14H2,1H3. The van der Waals surface area contributed by atoms with E-state index in [2.05, 4.69) is 0 Å². The topological polar surface area (TPSA) is 92.4 Å². The number of sulfonamides is 1. The molecule has 1 aromatic carbocycles. The molecule has 1 unspecified atom stereocenters. The average Bonchev–Trinajstić information content (AvgIpc) is 2.24. The fourth-order valence-electron chi connectivity index (χ4n) is 1.36. The highest BCUT2D eigenvalue weighted by atomic mass is 32.2. The number of aliphatic hydroxyl groups excluding tert-OH is 1. The van der Waals surface area contributed by atoms with Gasteiger partial charge >= 0.3 is 6.18 Å². The van der Waals surface area contributed by atoms with Crippen molar-refractivity contribution in [2.24, 2.45) is 0 Å². The normalized spacial score (nSPS) is 14.4. The minimum atomic E-state index is -4.88. The Labute approximate surface area is 108 Å². The molecule has 0 saturated carbocycles. The summed E-state index contributed by atoms with van der Waals surface area (Å²) in [4.78, 5) is -0.184. The second kappa shape index (κ2) is 5.35. The lowest BCUT2D eigenvalue weighted by Crippen LogP contribution is -2.40. The first-order chi connectivity index (χ1) is 8.54. The van der Waals surface area contributed by atoms with E-state index in [0.29, 0.717) is 11.3 Å². The number of hydrogen-bond acceptors (Lipinski definition) is 4. The van der Waals surface area contributed by atoms with Crippen molar-refractivity contribution in [3.05, 3.63) is 23.8 Å². The molecule has 9 heteroatoms. The summed E-state index contributed by atoms with van der Waals surface area (Å²) in [6.07, 6.45) is -7.63. The van der Waals surface area contributed by atoms with Crippen molar-refractivity contribution >= 4 is 15.7 Å². The monoisotopic (exact) mass is 298 g/mol. The van der Waals surface area contributed by atoms with Gasteiger partial charge in [0.05, 0.1) is 4.90 Å². The first kappa shape index (κ1) is 15.7. The van der Waals surface area contributed by atoms with Gasteiger partial charge in [0.15, 0.2) is 6.10 Å². The average molecular weight is 298 g/mol. The first-order valence-corrected chi connectivity index (χ1v) is 6.63. The van der Waals surface area contributed by atoms with E-state index in [1.807, 2.05) is 0 Å². The van der Waals surface area contributed by atoms with Gasteiger partial charge in [0.25, 0.3) is 0 Å². The fraction of sp³-hybridized carbons (Fsp3) is 0.400. The van der Waals surface area contributed by atoms with Crippen molar-refractivity contribution in [3.63, 3.8) is 0 Å². The van der Waals surface area contributed by atoms with Crippen LogP contribution in [0.25, 0.3) is 0 Å². The Kier molecular flexibility index (Phi) is 4.43. The Hall–Kier alpha value is -1.32. The lowest BCUT2D eigenvalue weighted by atomic mass is 10.2. The molecule has 0 spiro atoms. The Morgan fingerprint density at radius 1 is 1.42 bits per heavy atom. The van der Waals surface area contributed by atoms with Crippen molar-refractivity contribution in [1.29, 1.82) is 0 Å². The van der Waals surface area contributed by atoms with Crippen LogP contribution >= 0.6 is 0 Å². The van der Waals surface area contributed by atoms with E-state index in [9.17, 15) is 21.6 Å². The van der Waals surface area contributed by atoms with Crippen molar-refractivity contribution in [3.8, 4) is 0 Å². The van der Waals surface area contributed by atoms with Crippen LogP contribution in [0.15, 0.2) is 23.1 Å². The second-order valence-electron chi connectivity index (χ2n) is 3.93. The second-order valence-corrected chi connectivity index (χ2v) is 5.67. The highest BCUT2D eigenvalue weighted by Gasteiger charge is 2.38. The van der Waals surface area contributed by atoms with E-state index in [1.54, 1.807) is 4.72 Å². The van der Waals surface area contributed by atoms with Gasteiger partial charge in [-0.15, -0.1) is 0 Å². The first-order valence-electron chi connectivity index (χ1n) is 5.14. The molecule has 0 aliphatic carbocycles. The molecule has 0 fully saturated rings. The Bertz CT molecular complexity index is 558. The van der Waals surface area contributed by atoms with Crippen LogP contribution in [0.4, 0.5) is 18.9 Å². The molecule has 1 rings (SSSR count). The summed E-state index contributed by atoms with van der Waals surface area (Å²) in [5.74, 6) is 0. The van der Waals surface area contributed by atoms with Crippen LogP contribution in [0.2, 0.25) is 0 Å². The molecule has 1 aromatic rings. The van der Waals surface area contributed by atoms with Crippen LogP contribution in [0.1, 0.15) is 5.56 Å². The van der Waals surface area contributed by atoms with Crippen LogP contribution in [-0.4, -0.2) is 32.3 Å². The summed E-state index contributed by atoms with van der Waals surface area (Å²) in [5, 5.41) is 8.74. The van der Waals surface area contributed by atoms with Crippen molar-refractivity contribution in [2.75, 3.05) is 12.3 Å². The summed E-state index contributed by atoms with van der Waals surface area (Å²) < 4.78 is 61.4. The molecule has 108 valence electrons. The summed E-state index contributed by atoms with van der Waals surface area (Å²) in [7, 11) is -4.13. The maximum absolute atomic E-state index is 12.1. The zero-order chi connectivity index (χ0) is 14.8. The number of anilines is 1. The predicted octanol–water partition coefficient (Wildman–Crippen LogP) is 0.779. The van der Waals surface area contributed by atoms with E-state index in [0.717, 1.165) is 0 Å². The van der Waals surface area contributed by atoms with Gasteiger partial charge in [0, 0.05) is 12.2 Å². The van der Waals surface area contributed by atoms with Crippen LogP contribution in [-0.2, 0) is 10.0 Å². The molecule has 0 bridgehead atoms. The molecule has 4 N–H and O–H groups in total. The predicted molar refractivity (Wildman–Crippen MR) is 62.8 cm³/mol. The Morgan fingerprint density at radius 2 is 2.00 bits per heavy atom. The number of aliphatic hydroxyl groups is 1. The highest BCUT2D eigenvalue weighted by Crippen LogP contribution is 2.21. The minimum Gasteiger partial charge on any atom is -0.399 e. The number of alkyl halides is 3. The summed E-state index contributed by atoms with van der Waals surface area (Å²) >= 11 is 0. The van der Waals surface area contributed by atoms with Crippen LogP contribution in [0.3, 0.4) is 0 Å². The highest BCUT2D eigenvalue weighted by molar-refractivity contribution is 7.89. The molecule has 19 heavy (non-hydrogen) atoms. The molecule has 5 nitrogen and oxygen atoms in total. The molecule has 0 saturated heterocycles. The Morgan fingerprint density at radius 3 is 2.47 bits per heavy atom. The lowest BCUT2D eigenvalue weighted by Gasteiger charge is -2.16. The van der Waals surface area contributed by atoms with Gasteiger partial charge in [-0.3, -0.25) is 0 Å². The minimum absolute atomic E-state index is 0.184. The number of hydrogen-bond donors (Lipinski definition) is 3. The number of halogens is 3. The molecule has 1 atom stereocenters. The lowest BCUT2D eigenvalue weighted by molar-refractivity contribution is -0.200. The van der Waals surface area contributed by atoms with Gasteiger partial charge in [0.1, 0.15) is 0 Å². The molecule has 0 heterocycles. The van der Waals surface area contributed by atoms with Crippen molar-refractivity contribution < 1.29 is 26.7 Å². The van der Waals surface area contributed by atoms with E-state index < -0.39 is 28.8 Å². The van der Waals surface area contributed by atoms with Gasteiger partial charge < -0.3 is 10.8 Å². The Balaban J connectivity index is 2.88. The fourth-order valence-corrected chi connectivity index (χ4v) is 2.62. The molecule has 0 amide bonds. The quantitative estimate of drug-likeness (QED) is 0.716. The number of nitrogens with two attached hydrogens (primary N) is 1. The summed E-state index contributed by atoms with van der Waals surface area (Å²) in [6, 6.07) is 3.89. The molecular weight excluding hydrogens is 285 g/mol. The number of benzene rings is 1. The smallest absolute Gasteiger partial charge is 0.399 e. The van der Waals surface area contributed by atoms with E-state index in [-0.39, 0.29) is 4.90 Å². The van der Waals surface area contributed by atoms with Crippen LogP contribution < -0.4 is 10.5 Å². The summed E-state index contributed by atoms with van der Waals surface area (Å²) in [5.41, 5.74) is 6.09. The molecule has 0 aromatic heterocycles. The number of nitrogen functional groups attached to an aromatic ring is 1. The molecule has 0 aliphatic rings. The maximum Gasteiger partial charge on any atom is 0.415 e. The van der Waals surface area contributed by atoms with Gasteiger partial charge in [0.2, 0.25) is 10.0 Å². The van der Waals surface area contributed by atoms with Crippen molar-refractivity contribution in [2.45, 2.75) is 24.1 Å². The van der Waals surface area contributed by atoms with E-state index in [1.165, 1.54) is 25.1 Å². The third-order valence-corrected chi connectivity index (χ3v) is 3.92. The largest absolute Gasteiger partial charge is 0.415 e. The molecule has 0 aliphatic heterocycles. The molecule has 0 radical (unpaired) electrons. The molecular formula is C10H13F3N2O3S. The third kappa shape index (κ3) is 4.08. The van der Waals surface area contributed by atoms with Gasteiger partial charge in [-0.05, 0) is 30.7 Å². The zero-order valence-electron chi connectivity index (χ0n) is 9.90. The van der Waals surface area contributed by atoms with Gasteiger partial charge in [-0.25, -0.2) is 13.1 Å². The number of rotatable bonds is 4. The van der Waals surface area contributed by atoms with E-state index >= 15 is 0 Å². The number of aryl methyl sites for hydroxylation is 1. The SMILES string of the molecule is Cc1cc(N)ccc1S(=O)(=O)NCC(O)C(F)(F)F. The van der Waals surface area contributed by atoms with Crippen LogP contribution in [0.5, 0.6) is 0 Å². The van der Waals surface area contributed by atoms with Gasteiger partial charge in [-0.2, -0.15) is 13.2 Å². The summed E-state index contributed by atoms with van der Waals surface area (Å²) in [6.45, 7) is 0.320. The third-order valence-electron chi connectivity index (χ3n) is 2.33. The zero-order valence-corrected chi connectivity index (χ0v) is 10.7. The van der Waals surface area contributed by atoms with E-state index in [4.69, 9.17) is 10.8 Å². The van der Waals surface area contributed by atoms with Crippen LogP contribution in [0, 0.1) is 6.92 Å².